The normalized spacial score (nSPS) is 13.0. The summed E-state index contributed by atoms with van der Waals surface area (Å²) in [4.78, 5) is 0. The second-order valence-corrected chi connectivity index (χ2v) is 5.55. The molecule has 20 heavy (non-hydrogen) atoms. The van der Waals surface area contributed by atoms with Gasteiger partial charge >= 0.3 is 0 Å². The van der Waals surface area contributed by atoms with Crippen molar-refractivity contribution in [3.8, 4) is 11.8 Å². The Kier molecular flexibility index (Phi) is 3.07. The van der Waals surface area contributed by atoms with E-state index in [0.29, 0.717) is 11.4 Å². The van der Waals surface area contributed by atoms with E-state index in [1.165, 1.54) is 5.56 Å². The van der Waals surface area contributed by atoms with Gasteiger partial charge in [-0.15, -0.1) is 0 Å². The van der Waals surface area contributed by atoms with Crippen LogP contribution in [0, 0.1) is 22.9 Å². The molecule has 3 rings (SSSR count). The van der Waals surface area contributed by atoms with Gasteiger partial charge < -0.3 is 5.73 Å². The van der Waals surface area contributed by atoms with Crippen molar-refractivity contribution >= 4 is 18.0 Å². The Balaban J connectivity index is 2.35. The zero-order valence-electron chi connectivity index (χ0n) is 11.3. The number of nitrogen functional groups attached to an aromatic ring is 1. The van der Waals surface area contributed by atoms with E-state index in [9.17, 15) is 5.26 Å². The average Bonchev–Trinajstić information content (AvgIpc) is 2.91. The molecule has 2 aromatic rings. The standard InChI is InChI=1S/C16H15N3S/c1-10-5-7-11(8-6-10)19-15(18)14(9-17)12-3-2-4-13(12)16(19)20/h5-8H,2-4,18H2,1H3. The van der Waals surface area contributed by atoms with Crippen LogP contribution in [0.3, 0.4) is 0 Å². The Morgan fingerprint density at radius 2 is 1.85 bits per heavy atom. The van der Waals surface area contributed by atoms with Gasteiger partial charge in [0.05, 0.1) is 5.56 Å². The van der Waals surface area contributed by atoms with Crippen molar-refractivity contribution in [1.82, 2.24) is 4.57 Å². The quantitative estimate of drug-likeness (QED) is 0.814. The van der Waals surface area contributed by atoms with E-state index < -0.39 is 0 Å². The number of aryl methyl sites for hydroxylation is 1. The van der Waals surface area contributed by atoms with E-state index in [4.69, 9.17) is 18.0 Å². The van der Waals surface area contributed by atoms with E-state index in [2.05, 4.69) is 6.07 Å². The first-order chi connectivity index (χ1) is 9.63. The summed E-state index contributed by atoms with van der Waals surface area (Å²) in [6.07, 6.45) is 2.89. The van der Waals surface area contributed by atoms with Crippen LogP contribution < -0.4 is 5.73 Å². The van der Waals surface area contributed by atoms with Gasteiger partial charge in [0.25, 0.3) is 0 Å². The second-order valence-electron chi connectivity index (χ2n) is 5.16. The molecule has 100 valence electrons. The maximum absolute atomic E-state index is 9.41. The molecule has 0 bridgehead atoms. The van der Waals surface area contributed by atoms with Crippen molar-refractivity contribution in [2.45, 2.75) is 26.2 Å². The highest BCUT2D eigenvalue weighted by Crippen LogP contribution is 2.32. The van der Waals surface area contributed by atoms with E-state index >= 15 is 0 Å². The summed E-state index contributed by atoms with van der Waals surface area (Å²) in [6, 6.07) is 10.3. The minimum atomic E-state index is 0.460. The van der Waals surface area contributed by atoms with Gasteiger partial charge in [0, 0.05) is 5.69 Å². The Morgan fingerprint density at radius 1 is 1.20 bits per heavy atom. The Hall–Kier alpha value is -2.12. The largest absolute Gasteiger partial charge is 0.384 e. The first-order valence-electron chi connectivity index (χ1n) is 6.67. The van der Waals surface area contributed by atoms with E-state index in [1.54, 1.807) is 0 Å². The number of benzene rings is 1. The van der Waals surface area contributed by atoms with Gasteiger partial charge in [-0.05, 0) is 49.4 Å². The Morgan fingerprint density at radius 3 is 2.50 bits per heavy atom. The molecule has 0 aliphatic heterocycles. The summed E-state index contributed by atoms with van der Waals surface area (Å²) in [6.45, 7) is 2.04. The van der Waals surface area contributed by atoms with Gasteiger partial charge in [-0.2, -0.15) is 5.26 Å². The molecule has 4 heteroatoms. The van der Waals surface area contributed by atoms with Gasteiger partial charge in [0.2, 0.25) is 0 Å². The maximum Gasteiger partial charge on any atom is 0.127 e. The number of anilines is 1. The Bertz CT molecular complexity index is 779. The van der Waals surface area contributed by atoms with Crippen molar-refractivity contribution in [3.05, 3.63) is 51.2 Å². The fourth-order valence-corrected chi connectivity index (χ4v) is 3.27. The molecule has 0 amide bonds. The van der Waals surface area contributed by atoms with Gasteiger partial charge in [-0.1, -0.05) is 29.9 Å². The van der Waals surface area contributed by atoms with Crippen molar-refractivity contribution < 1.29 is 0 Å². The lowest BCUT2D eigenvalue weighted by Gasteiger charge is -2.16. The number of hydrogen-bond acceptors (Lipinski definition) is 3. The first-order valence-corrected chi connectivity index (χ1v) is 7.07. The minimum absolute atomic E-state index is 0.460. The fourth-order valence-electron chi connectivity index (χ4n) is 2.84. The monoisotopic (exact) mass is 281 g/mol. The van der Waals surface area contributed by atoms with Crippen LogP contribution in [-0.4, -0.2) is 4.57 Å². The maximum atomic E-state index is 9.41. The molecular formula is C16H15N3S. The third-order valence-corrected chi connectivity index (χ3v) is 4.31. The molecule has 3 nitrogen and oxygen atoms in total. The number of rotatable bonds is 1. The van der Waals surface area contributed by atoms with Gasteiger partial charge in [0.15, 0.2) is 0 Å². The number of pyridine rings is 1. The van der Waals surface area contributed by atoms with Crippen molar-refractivity contribution in [2.24, 2.45) is 0 Å². The van der Waals surface area contributed by atoms with Crippen LogP contribution in [0.2, 0.25) is 0 Å². The van der Waals surface area contributed by atoms with Crippen LogP contribution in [0.4, 0.5) is 5.82 Å². The topological polar surface area (TPSA) is 54.7 Å². The molecule has 0 fully saturated rings. The number of aromatic nitrogens is 1. The molecule has 1 aliphatic carbocycles. The van der Waals surface area contributed by atoms with Gasteiger partial charge in [0.1, 0.15) is 16.5 Å². The van der Waals surface area contributed by atoms with E-state index in [1.807, 2.05) is 35.8 Å². The van der Waals surface area contributed by atoms with Crippen molar-refractivity contribution in [3.63, 3.8) is 0 Å². The first kappa shape index (κ1) is 12.9. The molecule has 0 radical (unpaired) electrons. The van der Waals surface area contributed by atoms with E-state index in [-0.39, 0.29) is 0 Å². The molecule has 1 heterocycles. The predicted molar refractivity (Wildman–Crippen MR) is 82.5 cm³/mol. The average molecular weight is 281 g/mol. The second kappa shape index (κ2) is 4.77. The number of hydrogen-bond donors (Lipinski definition) is 1. The van der Waals surface area contributed by atoms with Crippen LogP contribution in [0.25, 0.3) is 5.69 Å². The molecule has 0 atom stereocenters. The van der Waals surface area contributed by atoms with Gasteiger partial charge in [-0.3, -0.25) is 4.57 Å². The summed E-state index contributed by atoms with van der Waals surface area (Å²) in [5.41, 5.74) is 11.1. The molecule has 0 saturated heterocycles. The number of fused-ring (bicyclic) bond motifs is 1. The summed E-state index contributed by atoms with van der Waals surface area (Å²) >= 11 is 5.60. The summed E-state index contributed by atoms with van der Waals surface area (Å²) < 4.78 is 2.58. The zero-order chi connectivity index (χ0) is 14.3. The molecule has 1 aromatic carbocycles. The molecule has 1 aromatic heterocycles. The minimum Gasteiger partial charge on any atom is -0.384 e. The number of nitrogens with zero attached hydrogens (tertiary/aromatic N) is 2. The summed E-state index contributed by atoms with van der Waals surface area (Å²) in [5.74, 6) is 0.460. The highest BCUT2D eigenvalue weighted by molar-refractivity contribution is 7.71. The highest BCUT2D eigenvalue weighted by Gasteiger charge is 2.22. The Labute approximate surface area is 123 Å². The molecular weight excluding hydrogens is 266 g/mol. The third-order valence-electron chi connectivity index (χ3n) is 3.88. The van der Waals surface area contributed by atoms with Crippen molar-refractivity contribution in [2.75, 3.05) is 5.73 Å². The number of nitrogens with two attached hydrogens (primary N) is 1. The predicted octanol–water partition coefficient (Wildman–Crippen LogP) is 3.46. The third kappa shape index (κ3) is 1.83. The van der Waals surface area contributed by atoms with Crippen LogP contribution in [0.5, 0.6) is 0 Å². The molecule has 0 spiro atoms. The van der Waals surface area contributed by atoms with Crippen LogP contribution in [0.1, 0.15) is 28.7 Å². The van der Waals surface area contributed by atoms with Gasteiger partial charge in [-0.25, -0.2) is 0 Å². The SMILES string of the molecule is Cc1ccc(-n2c(N)c(C#N)c3c(c2=S)CCC3)cc1. The molecule has 2 N–H and O–H groups in total. The lowest BCUT2D eigenvalue weighted by Crippen LogP contribution is -2.11. The highest BCUT2D eigenvalue weighted by atomic mass is 32.1. The molecule has 1 aliphatic rings. The van der Waals surface area contributed by atoms with Crippen molar-refractivity contribution in [1.29, 1.82) is 5.26 Å². The lowest BCUT2D eigenvalue weighted by atomic mass is 10.1. The van der Waals surface area contributed by atoms with Crippen LogP contribution >= 0.6 is 12.2 Å². The number of nitriles is 1. The summed E-state index contributed by atoms with van der Waals surface area (Å²) in [7, 11) is 0. The summed E-state index contributed by atoms with van der Waals surface area (Å²) in [5, 5.41) is 9.41. The fraction of sp³-hybridized carbons (Fsp3) is 0.250. The lowest BCUT2D eigenvalue weighted by molar-refractivity contribution is 0.906. The molecule has 0 saturated carbocycles. The van der Waals surface area contributed by atoms with Crippen LogP contribution in [0.15, 0.2) is 24.3 Å². The molecule has 0 unspecified atom stereocenters. The zero-order valence-corrected chi connectivity index (χ0v) is 12.1. The smallest absolute Gasteiger partial charge is 0.127 e. The van der Waals surface area contributed by atoms with Crippen LogP contribution in [-0.2, 0) is 12.8 Å². The van der Waals surface area contributed by atoms with E-state index in [0.717, 1.165) is 40.7 Å².